The van der Waals surface area contributed by atoms with Gasteiger partial charge in [-0.3, -0.25) is 0 Å². The number of carbonyl (C=O) groups is 1. The molecule has 1 saturated heterocycles. The molecule has 0 spiro atoms. The summed E-state index contributed by atoms with van der Waals surface area (Å²) in [6.07, 6.45) is 9.30. The lowest BCUT2D eigenvalue weighted by Crippen LogP contribution is -2.42. The van der Waals surface area contributed by atoms with Crippen molar-refractivity contribution >= 4 is 16.9 Å². The zero-order chi connectivity index (χ0) is 26.0. The van der Waals surface area contributed by atoms with Gasteiger partial charge in [-0.25, -0.2) is 10.7 Å². The number of likely N-dealkylation sites (tertiary alicyclic amines) is 1. The third-order valence-corrected chi connectivity index (χ3v) is 6.92. The van der Waals surface area contributed by atoms with E-state index in [-0.39, 0.29) is 6.61 Å². The van der Waals surface area contributed by atoms with E-state index < -0.39 is 11.7 Å². The van der Waals surface area contributed by atoms with Crippen LogP contribution in [0.4, 0.5) is 4.79 Å². The van der Waals surface area contributed by atoms with Crippen LogP contribution in [0.25, 0.3) is 10.8 Å². The molecule has 7 heteroatoms. The molecule has 2 fully saturated rings. The van der Waals surface area contributed by atoms with E-state index in [1.165, 1.54) is 74.4 Å². The molecular weight excluding hydrogens is 454 g/mol. The Labute approximate surface area is 216 Å². The van der Waals surface area contributed by atoms with Crippen LogP contribution in [-0.2, 0) is 16.0 Å². The van der Waals surface area contributed by atoms with Crippen LogP contribution in [-0.4, -0.2) is 56.0 Å². The predicted octanol–water partition coefficient (Wildman–Crippen LogP) is 5.45. The van der Waals surface area contributed by atoms with E-state index in [1.54, 1.807) is 27.9 Å². The zero-order valence-corrected chi connectivity index (χ0v) is 22.6. The lowest BCUT2D eigenvalue weighted by atomic mass is 9.89. The maximum Gasteiger partial charge on any atom is 0.407 e. The second kappa shape index (κ2) is 13.8. The van der Waals surface area contributed by atoms with Crippen LogP contribution in [0, 0.1) is 5.92 Å². The molecular formula is C29H45N3O4. The van der Waals surface area contributed by atoms with Crippen LogP contribution in [0.5, 0.6) is 5.75 Å². The standard InChI is InChI=1S/C22H29NO.C7H16N2O3/c1-24-22-11-10-19-14-17(8-9-20(19)15-22)13-18-5-4-12-23(16-18)21-6-2-3-7-21;1-7(2,3)12-6(10)9-4-5-11-8/h8-11,14-15,18,21H,2-7,12-13,16H2,1H3;4-5,8H2,1-3H3,(H,9,10). The van der Waals surface area contributed by atoms with E-state index in [4.69, 9.17) is 15.4 Å². The molecule has 1 aliphatic carbocycles. The maximum absolute atomic E-state index is 10.9. The van der Waals surface area contributed by atoms with E-state index >= 15 is 0 Å². The Kier molecular flexibility index (Phi) is 10.8. The number of carbonyl (C=O) groups excluding carboxylic acids is 1. The van der Waals surface area contributed by atoms with Crippen molar-refractivity contribution in [2.75, 3.05) is 33.4 Å². The maximum atomic E-state index is 10.9. The van der Waals surface area contributed by atoms with Crippen LogP contribution >= 0.6 is 0 Å². The minimum Gasteiger partial charge on any atom is -0.497 e. The molecule has 1 aliphatic heterocycles. The van der Waals surface area contributed by atoms with Crippen molar-refractivity contribution in [1.29, 1.82) is 0 Å². The Morgan fingerprint density at radius 3 is 2.47 bits per heavy atom. The van der Waals surface area contributed by atoms with Crippen LogP contribution in [0.15, 0.2) is 36.4 Å². The molecule has 0 radical (unpaired) electrons. The molecule has 200 valence electrons. The number of nitrogens with one attached hydrogen (secondary N) is 1. The van der Waals surface area contributed by atoms with Gasteiger partial charge in [0.05, 0.1) is 13.7 Å². The Hall–Kier alpha value is -2.35. The van der Waals surface area contributed by atoms with Gasteiger partial charge in [-0.1, -0.05) is 37.1 Å². The highest BCUT2D eigenvalue weighted by Gasteiger charge is 2.27. The number of rotatable bonds is 7. The summed E-state index contributed by atoms with van der Waals surface area (Å²) in [6, 6.07) is 14.2. The van der Waals surface area contributed by atoms with Gasteiger partial charge in [0.25, 0.3) is 0 Å². The molecule has 7 nitrogen and oxygen atoms in total. The molecule has 2 aliphatic rings. The van der Waals surface area contributed by atoms with E-state index in [2.05, 4.69) is 51.5 Å². The molecule has 0 bridgehead atoms. The molecule has 2 aromatic carbocycles. The molecule has 0 aromatic heterocycles. The number of fused-ring (bicyclic) bond motifs is 1. The Morgan fingerprint density at radius 1 is 1.06 bits per heavy atom. The first-order chi connectivity index (χ1) is 17.3. The largest absolute Gasteiger partial charge is 0.497 e. The number of benzene rings is 2. The second-order valence-corrected chi connectivity index (χ2v) is 11.0. The minimum absolute atomic E-state index is 0.277. The average molecular weight is 500 g/mol. The lowest BCUT2D eigenvalue weighted by molar-refractivity contribution is 0.0500. The molecule has 1 unspecified atom stereocenters. The first-order valence-electron chi connectivity index (χ1n) is 13.4. The molecule has 2 aromatic rings. The highest BCUT2D eigenvalue weighted by molar-refractivity contribution is 5.84. The van der Waals surface area contributed by atoms with Crippen LogP contribution < -0.4 is 16.0 Å². The highest BCUT2D eigenvalue weighted by Crippen LogP contribution is 2.30. The van der Waals surface area contributed by atoms with Gasteiger partial charge in [-0.15, -0.1) is 0 Å². The molecule has 1 saturated carbocycles. The van der Waals surface area contributed by atoms with Crippen molar-refractivity contribution in [3.8, 4) is 5.75 Å². The average Bonchev–Trinajstić information content (AvgIpc) is 3.39. The Morgan fingerprint density at radius 2 is 1.78 bits per heavy atom. The number of methoxy groups -OCH3 is 1. The zero-order valence-electron chi connectivity index (χ0n) is 22.6. The number of hydrogen-bond donors (Lipinski definition) is 2. The lowest BCUT2D eigenvalue weighted by Gasteiger charge is -2.37. The summed E-state index contributed by atoms with van der Waals surface area (Å²) in [7, 11) is 1.73. The van der Waals surface area contributed by atoms with Gasteiger partial charge in [-0.2, -0.15) is 0 Å². The van der Waals surface area contributed by atoms with Crippen molar-refractivity contribution in [2.24, 2.45) is 11.8 Å². The van der Waals surface area contributed by atoms with Crippen LogP contribution in [0.1, 0.15) is 64.9 Å². The molecule has 1 heterocycles. The summed E-state index contributed by atoms with van der Waals surface area (Å²) in [5, 5.41) is 5.08. The van der Waals surface area contributed by atoms with E-state index in [0.717, 1.165) is 17.7 Å². The van der Waals surface area contributed by atoms with Crippen molar-refractivity contribution in [3.63, 3.8) is 0 Å². The van der Waals surface area contributed by atoms with Crippen LogP contribution in [0.2, 0.25) is 0 Å². The fraction of sp³-hybridized carbons (Fsp3) is 0.621. The van der Waals surface area contributed by atoms with Gasteiger partial charge in [0, 0.05) is 19.1 Å². The Bertz CT molecular complexity index is 953. The third-order valence-electron chi connectivity index (χ3n) is 6.92. The topological polar surface area (TPSA) is 86.0 Å². The van der Waals surface area contributed by atoms with Gasteiger partial charge in [-0.05, 0) is 93.8 Å². The first kappa shape index (κ1) is 28.2. The molecule has 3 N–H and O–H groups in total. The smallest absolute Gasteiger partial charge is 0.407 e. The van der Waals surface area contributed by atoms with E-state index in [9.17, 15) is 4.79 Å². The molecule has 4 rings (SSSR count). The highest BCUT2D eigenvalue weighted by atomic mass is 16.6. The van der Waals surface area contributed by atoms with Gasteiger partial charge >= 0.3 is 6.09 Å². The summed E-state index contributed by atoms with van der Waals surface area (Å²) in [5.74, 6) is 6.52. The van der Waals surface area contributed by atoms with Crippen molar-refractivity contribution in [2.45, 2.75) is 77.4 Å². The van der Waals surface area contributed by atoms with Crippen LogP contribution in [0.3, 0.4) is 0 Å². The second-order valence-electron chi connectivity index (χ2n) is 11.0. The molecule has 36 heavy (non-hydrogen) atoms. The summed E-state index contributed by atoms with van der Waals surface area (Å²) >= 11 is 0. The fourth-order valence-electron chi connectivity index (χ4n) is 5.25. The minimum atomic E-state index is -0.465. The van der Waals surface area contributed by atoms with Gasteiger partial charge in [0.15, 0.2) is 0 Å². The SMILES string of the molecule is CC(C)(C)OC(=O)NCCON.COc1ccc2cc(CC3CCCN(C4CCCC4)C3)ccc2c1. The quantitative estimate of drug-likeness (QED) is 0.389. The Balaban J connectivity index is 0.000000257. The third kappa shape index (κ3) is 9.26. The predicted molar refractivity (Wildman–Crippen MR) is 145 cm³/mol. The van der Waals surface area contributed by atoms with E-state index in [1.807, 2.05) is 0 Å². The van der Waals surface area contributed by atoms with Crippen molar-refractivity contribution < 1.29 is 19.1 Å². The monoisotopic (exact) mass is 499 g/mol. The first-order valence-corrected chi connectivity index (χ1v) is 13.4. The number of alkyl carbamates (subject to hydrolysis) is 1. The van der Waals surface area contributed by atoms with E-state index in [0.29, 0.717) is 6.54 Å². The number of nitrogens with two attached hydrogens (primary N) is 1. The van der Waals surface area contributed by atoms with Crippen molar-refractivity contribution in [3.05, 3.63) is 42.0 Å². The number of ether oxygens (including phenoxy) is 2. The summed E-state index contributed by atoms with van der Waals surface area (Å²) < 4.78 is 10.3. The number of amides is 1. The number of piperidine rings is 1. The summed E-state index contributed by atoms with van der Waals surface area (Å²) in [5.41, 5.74) is 1.03. The number of nitrogens with zero attached hydrogens (tertiary/aromatic N) is 1. The fourth-order valence-corrected chi connectivity index (χ4v) is 5.25. The molecule has 1 amide bonds. The molecule has 1 atom stereocenters. The van der Waals surface area contributed by atoms with Gasteiger partial charge in [0.1, 0.15) is 11.4 Å². The summed E-state index contributed by atoms with van der Waals surface area (Å²) in [4.78, 5) is 18.0. The summed E-state index contributed by atoms with van der Waals surface area (Å²) in [6.45, 7) is 8.67. The van der Waals surface area contributed by atoms with Crippen molar-refractivity contribution in [1.82, 2.24) is 10.2 Å². The van der Waals surface area contributed by atoms with Gasteiger partial charge in [0.2, 0.25) is 0 Å². The normalized spacial score (nSPS) is 19.0. The van der Waals surface area contributed by atoms with Gasteiger partial charge < -0.3 is 24.5 Å². The number of hydrogen-bond acceptors (Lipinski definition) is 6.